The third-order valence-electron chi connectivity index (χ3n) is 3.82. The molecule has 0 aliphatic rings. The van der Waals surface area contributed by atoms with Gasteiger partial charge < -0.3 is 24.7 Å². The first-order valence-corrected chi connectivity index (χ1v) is 8.95. The summed E-state index contributed by atoms with van der Waals surface area (Å²) in [5, 5.41) is 7.59. The van der Waals surface area contributed by atoms with Gasteiger partial charge in [-0.1, -0.05) is 35.3 Å². The van der Waals surface area contributed by atoms with Crippen LogP contribution in [0.15, 0.2) is 35.3 Å². The van der Waals surface area contributed by atoms with Gasteiger partial charge in [0, 0.05) is 33.4 Å². The Morgan fingerprint density at radius 1 is 1.11 bits per heavy atom. The van der Waals surface area contributed by atoms with E-state index in [-0.39, 0.29) is 24.0 Å². The number of ether oxygens (including phenoxy) is 2. The van der Waals surface area contributed by atoms with E-state index >= 15 is 0 Å². The van der Waals surface area contributed by atoms with E-state index in [1.54, 1.807) is 14.2 Å². The van der Waals surface area contributed by atoms with E-state index in [1.807, 2.05) is 41.9 Å². The Kier molecular flexibility index (Phi) is 10.9. The van der Waals surface area contributed by atoms with Gasteiger partial charge in [-0.05, 0) is 23.8 Å². The minimum absolute atomic E-state index is 0. The lowest BCUT2D eigenvalue weighted by Gasteiger charge is -2.13. The van der Waals surface area contributed by atoms with Crippen LogP contribution in [0.2, 0.25) is 10.2 Å². The molecule has 6 nitrogen and oxygen atoms in total. The number of hydrogen-bond acceptors (Lipinski definition) is 3. The fourth-order valence-corrected chi connectivity index (χ4v) is 2.70. The van der Waals surface area contributed by atoms with Crippen molar-refractivity contribution in [2.75, 3.05) is 27.4 Å². The SMILES string of the molecule is CN=C(NCc1ccc(OCCOC)cc1)NCc1cc(Cl)c(Cl)n1C.I. The highest BCUT2D eigenvalue weighted by Gasteiger charge is 2.09. The van der Waals surface area contributed by atoms with Crippen molar-refractivity contribution in [2.24, 2.45) is 12.0 Å². The first kappa shape index (κ1) is 23.9. The summed E-state index contributed by atoms with van der Waals surface area (Å²) in [5.41, 5.74) is 2.09. The molecule has 0 atom stereocenters. The lowest BCUT2D eigenvalue weighted by Crippen LogP contribution is -2.36. The van der Waals surface area contributed by atoms with E-state index in [1.165, 1.54) is 0 Å². The van der Waals surface area contributed by atoms with Gasteiger partial charge in [-0.25, -0.2) is 0 Å². The molecular formula is C18H25Cl2IN4O2. The Balaban J connectivity index is 0.00000364. The van der Waals surface area contributed by atoms with Crippen LogP contribution in [0.4, 0.5) is 0 Å². The zero-order valence-corrected chi connectivity index (χ0v) is 19.4. The molecule has 2 aromatic rings. The number of methoxy groups -OCH3 is 1. The van der Waals surface area contributed by atoms with Crippen molar-refractivity contribution in [1.29, 1.82) is 0 Å². The summed E-state index contributed by atoms with van der Waals surface area (Å²) in [7, 11) is 5.25. The van der Waals surface area contributed by atoms with Crippen LogP contribution in [-0.2, 0) is 24.9 Å². The summed E-state index contributed by atoms with van der Waals surface area (Å²) in [5.74, 6) is 1.52. The van der Waals surface area contributed by atoms with Crippen LogP contribution < -0.4 is 15.4 Å². The monoisotopic (exact) mass is 526 g/mol. The number of hydrogen-bond donors (Lipinski definition) is 2. The molecule has 0 saturated carbocycles. The van der Waals surface area contributed by atoms with Gasteiger partial charge in [-0.15, -0.1) is 24.0 Å². The third-order valence-corrected chi connectivity index (χ3v) is 4.66. The van der Waals surface area contributed by atoms with Gasteiger partial charge in [0.1, 0.15) is 17.5 Å². The van der Waals surface area contributed by atoms with E-state index in [2.05, 4.69) is 15.6 Å². The highest BCUT2D eigenvalue weighted by molar-refractivity contribution is 14.0. The summed E-state index contributed by atoms with van der Waals surface area (Å²) in [6.45, 7) is 2.32. The Morgan fingerprint density at radius 3 is 2.33 bits per heavy atom. The second kappa shape index (κ2) is 12.3. The molecule has 9 heteroatoms. The zero-order chi connectivity index (χ0) is 18.9. The van der Waals surface area contributed by atoms with E-state index < -0.39 is 0 Å². The number of guanidine groups is 1. The summed E-state index contributed by atoms with van der Waals surface area (Å²) < 4.78 is 12.4. The highest BCUT2D eigenvalue weighted by Crippen LogP contribution is 2.24. The Hall–Kier alpha value is -1.16. The van der Waals surface area contributed by atoms with Crippen molar-refractivity contribution in [3.63, 3.8) is 0 Å². The smallest absolute Gasteiger partial charge is 0.191 e. The van der Waals surface area contributed by atoms with Crippen molar-refractivity contribution in [3.05, 3.63) is 51.8 Å². The van der Waals surface area contributed by atoms with Crippen molar-refractivity contribution < 1.29 is 9.47 Å². The van der Waals surface area contributed by atoms with Gasteiger partial charge >= 0.3 is 0 Å². The average molecular weight is 527 g/mol. The molecule has 0 aliphatic carbocycles. The molecule has 0 radical (unpaired) electrons. The normalized spacial score (nSPS) is 11.1. The zero-order valence-electron chi connectivity index (χ0n) is 15.6. The number of nitrogens with zero attached hydrogens (tertiary/aromatic N) is 2. The summed E-state index contributed by atoms with van der Waals surface area (Å²) in [6.07, 6.45) is 0. The standard InChI is InChI=1S/C18H24Cl2N4O2.HI/c1-21-18(23-12-14-10-16(19)17(20)24(14)2)22-11-13-4-6-15(7-5-13)26-9-8-25-3;/h4-7,10H,8-9,11-12H2,1-3H3,(H2,21,22,23);1H. The van der Waals surface area contributed by atoms with E-state index in [0.29, 0.717) is 42.4 Å². The molecule has 0 aliphatic heterocycles. The van der Waals surface area contributed by atoms with Crippen LogP contribution in [-0.4, -0.2) is 37.9 Å². The summed E-state index contributed by atoms with van der Waals surface area (Å²) in [6, 6.07) is 9.75. The summed E-state index contributed by atoms with van der Waals surface area (Å²) in [4.78, 5) is 4.23. The number of rotatable bonds is 8. The highest BCUT2D eigenvalue weighted by atomic mass is 127. The molecule has 2 N–H and O–H groups in total. The Labute approximate surface area is 187 Å². The van der Waals surface area contributed by atoms with Crippen molar-refractivity contribution in [3.8, 4) is 5.75 Å². The molecule has 27 heavy (non-hydrogen) atoms. The predicted octanol–water partition coefficient (Wildman–Crippen LogP) is 3.84. The topological polar surface area (TPSA) is 59.8 Å². The molecule has 0 bridgehead atoms. The van der Waals surface area contributed by atoms with Crippen LogP contribution in [0, 0.1) is 0 Å². The van der Waals surface area contributed by atoms with Crippen LogP contribution in [0.1, 0.15) is 11.3 Å². The van der Waals surface area contributed by atoms with E-state index in [9.17, 15) is 0 Å². The molecule has 1 aromatic heterocycles. The molecule has 0 saturated heterocycles. The third kappa shape index (κ3) is 7.40. The fourth-order valence-electron chi connectivity index (χ4n) is 2.29. The quantitative estimate of drug-likeness (QED) is 0.237. The largest absolute Gasteiger partial charge is 0.491 e. The summed E-state index contributed by atoms with van der Waals surface area (Å²) >= 11 is 12.1. The fraction of sp³-hybridized carbons (Fsp3) is 0.389. The molecule has 0 spiro atoms. The molecule has 1 aromatic carbocycles. The Morgan fingerprint density at radius 2 is 1.78 bits per heavy atom. The number of halogens is 3. The predicted molar refractivity (Wildman–Crippen MR) is 122 cm³/mol. The van der Waals surface area contributed by atoms with Gasteiger partial charge in [0.15, 0.2) is 5.96 Å². The van der Waals surface area contributed by atoms with E-state index in [0.717, 1.165) is 17.0 Å². The van der Waals surface area contributed by atoms with Crippen LogP contribution in [0.5, 0.6) is 5.75 Å². The maximum atomic E-state index is 6.08. The van der Waals surface area contributed by atoms with Crippen molar-refractivity contribution in [2.45, 2.75) is 13.1 Å². The van der Waals surface area contributed by atoms with Gasteiger partial charge in [0.2, 0.25) is 0 Å². The molecular weight excluding hydrogens is 502 g/mol. The van der Waals surface area contributed by atoms with E-state index in [4.69, 9.17) is 32.7 Å². The molecule has 0 amide bonds. The number of aliphatic imine (C=N–C) groups is 1. The number of aromatic nitrogens is 1. The van der Waals surface area contributed by atoms with Gasteiger partial charge in [-0.3, -0.25) is 4.99 Å². The molecule has 2 rings (SSSR count). The van der Waals surface area contributed by atoms with Gasteiger partial charge in [-0.2, -0.15) is 0 Å². The first-order chi connectivity index (χ1) is 12.5. The molecule has 150 valence electrons. The molecule has 0 unspecified atom stereocenters. The minimum Gasteiger partial charge on any atom is -0.491 e. The van der Waals surface area contributed by atoms with Crippen LogP contribution in [0.3, 0.4) is 0 Å². The van der Waals surface area contributed by atoms with Gasteiger partial charge in [0.05, 0.1) is 18.2 Å². The molecule has 0 fully saturated rings. The minimum atomic E-state index is 0. The van der Waals surface area contributed by atoms with Crippen LogP contribution >= 0.6 is 47.2 Å². The lowest BCUT2D eigenvalue weighted by molar-refractivity contribution is 0.146. The van der Waals surface area contributed by atoms with Gasteiger partial charge in [0.25, 0.3) is 0 Å². The number of nitrogens with one attached hydrogen (secondary N) is 2. The second-order valence-corrected chi connectivity index (χ2v) is 6.36. The molecule has 1 heterocycles. The number of benzene rings is 1. The maximum Gasteiger partial charge on any atom is 0.191 e. The maximum absolute atomic E-state index is 6.08. The average Bonchev–Trinajstić information content (AvgIpc) is 2.90. The van der Waals surface area contributed by atoms with Crippen LogP contribution in [0.25, 0.3) is 0 Å². The van der Waals surface area contributed by atoms with Crippen molar-refractivity contribution in [1.82, 2.24) is 15.2 Å². The lowest BCUT2D eigenvalue weighted by atomic mass is 10.2. The second-order valence-electron chi connectivity index (χ2n) is 5.60. The Bertz CT molecular complexity index is 736. The van der Waals surface area contributed by atoms with Crippen molar-refractivity contribution >= 4 is 53.1 Å². The first-order valence-electron chi connectivity index (χ1n) is 8.20.